The van der Waals surface area contributed by atoms with E-state index in [1.807, 2.05) is 18.9 Å². The van der Waals surface area contributed by atoms with E-state index in [0.717, 1.165) is 36.0 Å². The van der Waals surface area contributed by atoms with E-state index in [9.17, 15) is 4.79 Å². The Bertz CT molecular complexity index is 748. The number of amides is 1. The topological polar surface area (TPSA) is 67.2 Å². The maximum absolute atomic E-state index is 12.6. The third kappa shape index (κ3) is 2.04. The van der Waals surface area contributed by atoms with Crippen molar-refractivity contribution in [3.8, 4) is 0 Å². The van der Waals surface area contributed by atoms with E-state index in [1.165, 1.54) is 6.42 Å². The molecule has 2 aliphatic rings. The van der Waals surface area contributed by atoms with Gasteiger partial charge in [-0.05, 0) is 13.3 Å². The van der Waals surface area contributed by atoms with Gasteiger partial charge in [0, 0.05) is 31.9 Å². The normalized spacial score (nSPS) is 16.6. The summed E-state index contributed by atoms with van der Waals surface area (Å²) in [6.07, 6.45) is 4.56. The van der Waals surface area contributed by atoms with Crippen LogP contribution in [-0.4, -0.2) is 43.6 Å². The van der Waals surface area contributed by atoms with Crippen molar-refractivity contribution < 1.29 is 4.79 Å². The number of hydrogen-bond donors (Lipinski definition) is 0. The highest BCUT2D eigenvalue weighted by atomic mass is 16.2. The number of aryl methyl sites for hydroxylation is 2. The quantitative estimate of drug-likeness (QED) is 0.823. The van der Waals surface area contributed by atoms with Gasteiger partial charge < -0.3 is 9.80 Å². The van der Waals surface area contributed by atoms with Gasteiger partial charge in [0.15, 0.2) is 0 Å². The standard InChI is InChI=1S/C15H18N6O/c1-10-17-13-9-21(15(22)11-6-16-19(2)7-11)8-12(13)14(18-10)20-4-3-5-20/h6-7H,3-5,8-9H2,1-2H3. The van der Waals surface area contributed by atoms with Gasteiger partial charge in [-0.1, -0.05) is 0 Å². The minimum atomic E-state index is -0.00156. The first kappa shape index (κ1) is 13.2. The molecule has 4 rings (SSSR count). The second kappa shape index (κ2) is 4.79. The molecule has 22 heavy (non-hydrogen) atoms. The zero-order valence-electron chi connectivity index (χ0n) is 12.8. The summed E-state index contributed by atoms with van der Waals surface area (Å²) in [6, 6.07) is 0. The van der Waals surface area contributed by atoms with Crippen molar-refractivity contribution in [3.63, 3.8) is 0 Å². The SMILES string of the molecule is Cc1nc2c(c(N3CCC3)n1)CN(C(=O)c1cnn(C)c1)C2. The largest absolute Gasteiger partial charge is 0.356 e. The third-order valence-electron chi connectivity index (χ3n) is 4.27. The van der Waals surface area contributed by atoms with Crippen LogP contribution in [0.2, 0.25) is 0 Å². The number of carbonyl (C=O) groups is 1. The molecule has 0 saturated carbocycles. The van der Waals surface area contributed by atoms with Crippen LogP contribution in [0.3, 0.4) is 0 Å². The lowest BCUT2D eigenvalue weighted by atomic mass is 10.1. The van der Waals surface area contributed by atoms with Crippen LogP contribution in [0.15, 0.2) is 12.4 Å². The molecule has 2 aromatic rings. The second-order valence-electron chi connectivity index (χ2n) is 5.92. The second-order valence-corrected chi connectivity index (χ2v) is 5.92. The average molecular weight is 298 g/mol. The van der Waals surface area contributed by atoms with Crippen LogP contribution in [0.1, 0.15) is 33.9 Å². The van der Waals surface area contributed by atoms with Crippen LogP contribution >= 0.6 is 0 Å². The average Bonchev–Trinajstić information content (AvgIpc) is 3.02. The monoisotopic (exact) mass is 298 g/mol. The molecule has 1 fully saturated rings. The number of rotatable bonds is 2. The predicted octanol–water partition coefficient (Wildman–Crippen LogP) is 0.885. The van der Waals surface area contributed by atoms with Crippen molar-refractivity contribution in [2.75, 3.05) is 18.0 Å². The molecule has 1 amide bonds. The van der Waals surface area contributed by atoms with Gasteiger partial charge in [-0.2, -0.15) is 5.10 Å². The first-order valence-corrected chi connectivity index (χ1v) is 7.51. The number of fused-ring (bicyclic) bond motifs is 1. The Hall–Kier alpha value is -2.44. The number of carbonyl (C=O) groups excluding carboxylic acids is 1. The van der Waals surface area contributed by atoms with Gasteiger partial charge in [-0.15, -0.1) is 0 Å². The maximum Gasteiger partial charge on any atom is 0.257 e. The molecule has 0 bridgehead atoms. The zero-order chi connectivity index (χ0) is 15.3. The molecule has 0 N–H and O–H groups in total. The van der Waals surface area contributed by atoms with Gasteiger partial charge in [-0.25, -0.2) is 9.97 Å². The Kier molecular flexibility index (Phi) is 2.88. The van der Waals surface area contributed by atoms with Gasteiger partial charge >= 0.3 is 0 Å². The van der Waals surface area contributed by atoms with Crippen molar-refractivity contribution >= 4 is 11.7 Å². The minimum absolute atomic E-state index is 0.00156. The van der Waals surface area contributed by atoms with E-state index in [0.29, 0.717) is 18.7 Å². The fraction of sp³-hybridized carbons (Fsp3) is 0.467. The Balaban J connectivity index is 1.63. The molecule has 0 radical (unpaired) electrons. The van der Waals surface area contributed by atoms with E-state index in [-0.39, 0.29) is 5.91 Å². The van der Waals surface area contributed by atoms with Crippen molar-refractivity contribution in [3.05, 3.63) is 35.0 Å². The summed E-state index contributed by atoms with van der Waals surface area (Å²) in [7, 11) is 1.81. The summed E-state index contributed by atoms with van der Waals surface area (Å²) in [5.74, 6) is 1.78. The van der Waals surface area contributed by atoms with Crippen molar-refractivity contribution in [2.45, 2.75) is 26.4 Å². The predicted molar refractivity (Wildman–Crippen MR) is 80.4 cm³/mol. The molecule has 114 valence electrons. The van der Waals surface area contributed by atoms with Crippen molar-refractivity contribution in [1.82, 2.24) is 24.6 Å². The number of hydrogen-bond acceptors (Lipinski definition) is 5. The lowest BCUT2D eigenvalue weighted by molar-refractivity contribution is 0.0750. The Morgan fingerprint density at radius 3 is 2.68 bits per heavy atom. The van der Waals surface area contributed by atoms with Gasteiger partial charge in [0.2, 0.25) is 0 Å². The van der Waals surface area contributed by atoms with E-state index in [1.54, 1.807) is 17.1 Å². The van der Waals surface area contributed by atoms with E-state index < -0.39 is 0 Å². The Morgan fingerprint density at radius 1 is 1.23 bits per heavy atom. The smallest absolute Gasteiger partial charge is 0.257 e. The molecule has 0 aliphatic carbocycles. The lowest BCUT2D eigenvalue weighted by Crippen LogP contribution is -2.38. The molecular weight excluding hydrogens is 280 g/mol. The summed E-state index contributed by atoms with van der Waals surface area (Å²) in [4.78, 5) is 25.8. The van der Waals surface area contributed by atoms with E-state index in [2.05, 4.69) is 20.0 Å². The van der Waals surface area contributed by atoms with Gasteiger partial charge in [0.1, 0.15) is 11.6 Å². The molecule has 7 heteroatoms. The molecule has 2 aliphatic heterocycles. The van der Waals surface area contributed by atoms with Gasteiger partial charge in [0.05, 0.1) is 30.5 Å². The third-order valence-corrected chi connectivity index (χ3v) is 4.27. The molecule has 2 aromatic heterocycles. The number of anilines is 1. The first-order valence-electron chi connectivity index (χ1n) is 7.51. The molecular formula is C15H18N6O. The molecule has 0 atom stereocenters. The fourth-order valence-electron chi connectivity index (χ4n) is 3.01. The van der Waals surface area contributed by atoms with E-state index >= 15 is 0 Å². The molecule has 1 saturated heterocycles. The minimum Gasteiger partial charge on any atom is -0.356 e. The summed E-state index contributed by atoms with van der Waals surface area (Å²) in [5, 5.41) is 4.07. The van der Waals surface area contributed by atoms with Crippen LogP contribution in [-0.2, 0) is 20.1 Å². The highest BCUT2D eigenvalue weighted by Crippen LogP contribution is 2.32. The van der Waals surface area contributed by atoms with Crippen molar-refractivity contribution in [2.24, 2.45) is 7.05 Å². The fourth-order valence-corrected chi connectivity index (χ4v) is 3.01. The van der Waals surface area contributed by atoms with Crippen LogP contribution in [0.4, 0.5) is 5.82 Å². The summed E-state index contributed by atoms with van der Waals surface area (Å²) >= 11 is 0. The number of nitrogens with zero attached hydrogens (tertiary/aromatic N) is 6. The summed E-state index contributed by atoms with van der Waals surface area (Å²) < 4.78 is 1.64. The lowest BCUT2D eigenvalue weighted by Gasteiger charge is -2.33. The molecule has 7 nitrogen and oxygen atoms in total. The number of aromatic nitrogens is 4. The zero-order valence-corrected chi connectivity index (χ0v) is 12.8. The molecule has 4 heterocycles. The van der Waals surface area contributed by atoms with Crippen LogP contribution < -0.4 is 4.90 Å². The van der Waals surface area contributed by atoms with Gasteiger partial charge in [-0.3, -0.25) is 9.48 Å². The molecule has 0 spiro atoms. The van der Waals surface area contributed by atoms with Gasteiger partial charge in [0.25, 0.3) is 5.91 Å². The van der Waals surface area contributed by atoms with Crippen LogP contribution in [0.5, 0.6) is 0 Å². The van der Waals surface area contributed by atoms with Crippen LogP contribution in [0, 0.1) is 6.92 Å². The van der Waals surface area contributed by atoms with E-state index in [4.69, 9.17) is 0 Å². The first-order chi connectivity index (χ1) is 10.6. The highest BCUT2D eigenvalue weighted by molar-refractivity contribution is 5.94. The Morgan fingerprint density at radius 2 is 2.05 bits per heavy atom. The van der Waals surface area contributed by atoms with Crippen molar-refractivity contribution in [1.29, 1.82) is 0 Å². The summed E-state index contributed by atoms with van der Waals surface area (Å²) in [6.45, 7) is 5.12. The maximum atomic E-state index is 12.6. The molecule has 0 aromatic carbocycles. The van der Waals surface area contributed by atoms with Crippen LogP contribution in [0.25, 0.3) is 0 Å². The Labute approximate surface area is 128 Å². The molecule has 0 unspecified atom stereocenters. The highest BCUT2D eigenvalue weighted by Gasteiger charge is 2.31. The summed E-state index contributed by atoms with van der Waals surface area (Å²) in [5.41, 5.74) is 2.69.